The third kappa shape index (κ3) is 52.3. The van der Waals surface area contributed by atoms with Gasteiger partial charge in [0.2, 0.25) is 0 Å². The number of unbranched alkanes of at least 4 members (excludes halogenated alkanes) is 39. The van der Waals surface area contributed by atoms with Crippen LogP contribution in [-0.2, 0) is 27.9 Å². The van der Waals surface area contributed by atoms with E-state index in [-0.39, 0.29) is 25.8 Å². The van der Waals surface area contributed by atoms with Gasteiger partial charge in [-0.05, 0) is 12.8 Å². The van der Waals surface area contributed by atoms with Crippen molar-refractivity contribution in [3.63, 3.8) is 0 Å². The highest BCUT2D eigenvalue weighted by Crippen LogP contribution is 2.38. The van der Waals surface area contributed by atoms with Gasteiger partial charge < -0.3 is 27.9 Å². The fourth-order valence-corrected chi connectivity index (χ4v) is 9.10. The molecule has 0 N–H and O–H groups in total. The van der Waals surface area contributed by atoms with Gasteiger partial charge in [0.1, 0.15) is 19.3 Å². The number of phosphoric acid groups is 1. The molecule has 2 atom stereocenters. The number of nitrogens with zero attached hydrogens (tertiary/aromatic N) is 1. The van der Waals surface area contributed by atoms with E-state index >= 15 is 0 Å². The summed E-state index contributed by atoms with van der Waals surface area (Å²) in [5.41, 5.74) is 0. The molecule has 0 radical (unpaired) electrons. The fraction of sp³-hybridized carbons (Fsp3) is 0.981. The Labute approximate surface area is 393 Å². The zero-order valence-electron chi connectivity index (χ0n) is 43.1. The van der Waals surface area contributed by atoms with E-state index in [2.05, 4.69) is 13.8 Å². The fourth-order valence-electron chi connectivity index (χ4n) is 8.37. The summed E-state index contributed by atoms with van der Waals surface area (Å²) in [7, 11) is 1.38. The van der Waals surface area contributed by atoms with Crippen molar-refractivity contribution in [2.75, 3.05) is 54.1 Å². The van der Waals surface area contributed by atoms with E-state index in [1.807, 2.05) is 21.1 Å². The first-order valence-electron chi connectivity index (χ1n) is 27.8. The van der Waals surface area contributed by atoms with Crippen LogP contribution in [0.2, 0.25) is 0 Å². The summed E-state index contributed by atoms with van der Waals surface area (Å²) in [4.78, 5) is 25.2. The Bertz CT molecular complexity index is 976. The smallest absolute Gasteiger partial charge is 0.306 e. The second kappa shape index (κ2) is 48.0. The molecule has 0 saturated heterocycles. The maximum absolute atomic E-state index is 12.8. The predicted molar refractivity (Wildman–Crippen MR) is 268 cm³/mol. The van der Waals surface area contributed by atoms with Crippen LogP contribution in [0.3, 0.4) is 0 Å². The quantitative estimate of drug-likeness (QED) is 0.0260. The molecule has 0 aromatic rings. The Balaban J connectivity index is 3.95. The maximum atomic E-state index is 12.8. The molecule has 0 bridgehead atoms. The standard InChI is InChI=1S/C54H110NO7P/c1-6-8-10-12-14-16-18-20-22-23-24-25-26-27-28-29-30-31-32-33-34-35-37-39-41-43-45-47-54(56)62-53(52-61-63(57,58)60-50-48-55(3,4)5)51-59-49-46-44-42-40-38-36-21-19-17-15-13-11-9-7-2/h53H,6-52H2,1-5H3/t53-/m1/s1. The second-order valence-corrected chi connectivity index (χ2v) is 21.7. The predicted octanol–water partition coefficient (Wildman–Crippen LogP) is 16.5. The third-order valence-corrected chi connectivity index (χ3v) is 13.6. The molecule has 0 aromatic heterocycles. The topological polar surface area (TPSA) is 94.1 Å². The van der Waals surface area contributed by atoms with Crippen LogP contribution < -0.4 is 4.89 Å². The molecule has 0 fully saturated rings. The van der Waals surface area contributed by atoms with Crippen LogP contribution in [0.25, 0.3) is 0 Å². The monoisotopic (exact) mass is 916 g/mol. The molecule has 0 heterocycles. The highest BCUT2D eigenvalue weighted by Gasteiger charge is 2.20. The van der Waals surface area contributed by atoms with Crippen LogP contribution in [0.5, 0.6) is 0 Å². The minimum atomic E-state index is -4.52. The molecular weight excluding hydrogens is 806 g/mol. The summed E-state index contributed by atoms with van der Waals surface area (Å²) >= 11 is 0. The van der Waals surface area contributed by atoms with Gasteiger partial charge in [-0.3, -0.25) is 9.36 Å². The van der Waals surface area contributed by atoms with Gasteiger partial charge in [-0.25, -0.2) is 0 Å². The van der Waals surface area contributed by atoms with Gasteiger partial charge in [-0.1, -0.05) is 264 Å². The minimum Gasteiger partial charge on any atom is -0.756 e. The van der Waals surface area contributed by atoms with Crippen molar-refractivity contribution in [1.29, 1.82) is 0 Å². The molecule has 8 nitrogen and oxygen atoms in total. The van der Waals surface area contributed by atoms with Crippen LogP contribution in [0.4, 0.5) is 0 Å². The largest absolute Gasteiger partial charge is 0.756 e. The highest BCUT2D eigenvalue weighted by molar-refractivity contribution is 7.45. The van der Waals surface area contributed by atoms with E-state index in [0.29, 0.717) is 24.1 Å². The number of likely N-dealkylation sites (N-methyl/N-ethyl adjacent to an activating group) is 1. The van der Waals surface area contributed by atoms with Crippen molar-refractivity contribution in [2.45, 2.75) is 290 Å². The Morgan fingerprint density at radius 2 is 0.730 bits per heavy atom. The lowest BCUT2D eigenvalue weighted by Crippen LogP contribution is -2.37. The minimum absolute atomic E-state index is 0.0317. The molecule has 0 saturated carbocycles. The average molecular weight is 916 g/mol. The summed E-state index contributed by atoms with van der Waals surface area (Å²) in [6, 6.07) is 0. The van der Waals surface area contributed by atoms with Crippen LogP contribution in [-0.4, -0.2) is 70.7 Å². The summed E-state index contributed by atoms with van der Waals surface area (Å²) in [5, 5.41) is 0. The Morgan fingerprint density at radius 1 is 0.429 bits per heavy atom. The van der Waals surface area contributed by atoms with E-state index in [9.17, 15) is 14.3 Å². The molecule has 0 amide bonds. The summed E-state index contributed by atoms with van der Waals surface area (Å²) in [6.07, 6.45) is 54.3. The average Bonchev–Trinajstić information content (AvgIpc) is 3.24. The number of hydrogen-bond donors (Lipinski definition) is 0. The molecule has 0 aliphatic heterocycles. The first-order chi connectivity index (χ1) is 30.6. The molecule has 9 heteroatoms. The van der Waals surface area contributed by atoms with Gasteiger partial charge >= 0.3 is 5.97 Å². The summed E-state index contributed by atoms with van der Waals surface area (Å²) in [5.74, 6) is -0.324. The highest BCUT2D eigenvalue weighted by atomic mass is 31.2. The number of phosphoric ester groups is 1. The zero-order valence-corrected chi connectivity index (χ0v) is 44.0. The lowest BCUT2D eigenvalue weighted by Gasteiger charge is -2.28. The molecule has 0 aliphatic carbocycles. The molecule has 1 unspecified atom stereocenters. The van der Waals surface area contributed by atoms with Crippen molar-refractivity contribution < 1.29 is 37.3 Å². The van der Waals surface area contributed by atoms with E-state index in [1.54, 1.807) is 0 Å². The molecule has 0 aliphatic rings. The first-order valence-corrected chi connectivity index (χ1v) is 29.2. The molecule has 378 valence electrons. The van der Waals surface area contributed by atoms with Crippen molar-refractivity contribution in [1.82, 2.24) is 0 Å². The number of hydrogen-bond acceptors (Lipinski definition) is 7. The van der Waals surface area contributed by atoms with Crippen molar-refractivity contribution in [3.8, 4) is 0 Å². The van der Waals surface area contributed by atoms with Crippen LogP contribution >= 0.6 is 7.82 Å². The number of ether oxygens (including phenoxy) is 2. The van der Waals surface area contributed by atoms with Crippen molar-refractivity contribution >= 4 is 13.8 Å². The number of carbonyl (C=O) groups excluding carboxylic acids is 1. The van der Waals surface area contributed by atoms with Crippen LogP contribution in [0.1, 0.15) is 284 Å². The number of carbonyl (C=O) groups is 1. The Morgan fingerprint density at radius 3 is 1.05 bits per heavy atom. The third-order valence-electron chi connectivity index (χ3n) is 12.7. The van der Waals surface area contributed by atoms with Crippen molar-refractivity contribution in [2.24, 2.45) is 0 Å². The molecular formula is C54H110NO7P. The van der Waals surface area contributed by atoms with Crippen LogP contribution in [0, 0.1) is 0 Å². The lowest BCUT2D eigenvalue weighted by atomic mass is 10.0. The van der Waals surface area contributed by atoms with Gasteiger partial charge in [0.25, 0.3) is 7.82 Å². The van der Waals surface area contributed by atoms with E-state index in [1.165, 1.54) is 231 Å². The zero-order chi connectivity index (χ0) is 46.2. The summed E-state index contributed by atoms with van der Waals surface area (Å²) < 4.78 is 34.8. The van der Waals surface area contributed by atoms with Gasteiger partial charge in [0.15, 0.2) is 0 Å². The second-order valence-electron chi connectivity index (χ2n) is 20.3. The molecule has 0 spiro atoms. The SMILES string of the molecule is CCCCCCCCCCCCCCCCCCCCCCCCCCCCCC(=O)O[C@H](COCCCCCCCCCCCCCCCC)COP(=O)([O-])OCC[N+](C)(C)C. The lowest BCUT2D eigenvalue weighted by molar-refractivity contribution is -0.870. The van der Waals surface area contributed by atoms with E-state index < -0.39 is 13.9 Å². The van der Waals surface area contributed by atoms with Gasteiger partial charge in [-0.15, -0.1) is 0 Å². The molecule has 0 rings (SSSR count). The number of rotatable bonds is 53. The number of esters is 1. The van der Waals surface area contributed by atoms with E-state index in [4.69, 9.17) is 18.5 Å². The maximum Gasteiger partial charge on any atom is 0.306 e. The summed E-state index contributed by atoms with van der Waals surface area (Å²) in [6.45, 7) is 5.50. The van der Waals surface area contributed by atoms with E-state index in [0.717, 1.165) is 32.1 Å². The number of quaternary nitrogens is 1. The molecule has 63 heavy (non-hydrogen) atoms. The Hall–Kier alpha value is -0.500. The van der Waals surface area contributed by atoms with Crippen LogP contribution in [0.15, 0.2) is 0 Å². The van der Waals surface area contributed by atoms with Crippen molar-refractivity contribution in [3.05, 3.63) is 0 Å². The normalized spacial score (nSPS) is 13.4. The Kier molecular flexibility index (Phi) is 47.6. The van der Waals surface area contributed by atoms with Gasteiger partial charge in [-0.2, -0.15) is 0 Å². The van der Waals surface area contributed by atoms with Gasteiger partial charge in [0.05, 0.1) is 34.4 Å². The first kappa shape index (κ1) is 62.5. The van der Waals surface area contributed by atoms with Gasteiger partial charge in [0, 0.05) is 13.0 Å². The molecule has 0 aromatic carbocycles.